The Balaban J connectivity index is 1.49. The topological polar surface area (TPSA) is 51.2 Å². The van der Waals surface area contributed by atoms with E-state index in [1.165, 1.54) is 0 Å². The highest BCUT2D eigenvalue weighted by Crippen LogP contribution is 2.26. The summed E-state index contributed by atoms with van der Waals surface area (Å²) in [6.07, 6.45) is 0. The lowest BCUT2D eigenvalue weighted by molar-refractivity contribution is -0.133. The van der Waals surface area contributed by atoms with E-state index in [9.17, 15) is 4.79 Å². The van der Waals surface area contributed by atoms with Crippen molar-refractivity contribution in [1.29, 1.82) is 0 Å². The number of piperazine rings is 1. The Labute approximate surface area is 160 Å². The van der Waals surface area contributed by atoms with Crippen molar-refractivity contribution in [2.45, 2.75) is 6.92 Å². The summed E-state index contributed by atoms with van der Waals surface area (Å²) < 4.78 is 16.4. The lowest BCUT2D eigenvalue weighted by atomic mass is 10.2. The van der Waals surface area contributed by atoms with Crippen LogP contribution in [0.3, 0.4) is 0 Å². The summed E-state index contributed by atoms with van der Waals surface area (Å²) in [7, 11) is 1.59. The molecule has 144 valence electrons. The zero-order valence-corrected chi connectivity index (χ0v) is 15.9. The molecule has 1 saturated heterocycles. The minimum Gasteiger partial charge on any atom is -0.494 e. The van der Waals surface area contributed by atoms with Gasteiger partial charge in [-0.1, -0.05) is 12.1 Å². The number of carbonyl (C=O) groups is 1. The average Bonchev–Trinajstić information content (AvgIpc) is 2.73. The Bertz CT molecular complexity index is 740. The van der Waals surface area contributed by atoms with Crippen LogP contribution in [0.15, 0.2) is 48.5 Å². The van der Waals surface area contributed by atoms with Gasteiger partial charge in [0.1, 0.15) is 5.75 Å². The third kappa shape index (κ3) is 4.84. The zero-order valence-electron chi connectivity index (χ0n) is 15.9. The molecule has 1 aliphatic heterocycles. The Hall–Kier alpha value is -2.89. The van der Waals surface area contributed by atoms with E-state index in [2.05, 4.69) is 17.0 Å². The van der Waals surface area contributed by atoms with Crippen LogP contribution in [-0.4, -0.2) is 57.3 Å². The van der Waals surface area contributed by atoms with E-state index in [-0.39, 0.29) is 12.5 Å². The molecule has 6 heteroatoms. The molecule has 1 fully saturated rings. The first-order chi connectivity index (χ1) is 13.2. The van der Waals surface area contributed by atoms with Gasteiger partial charge < -0.3 is 24.0 Å². The fraction of sp³-hybridized carbons (Fsp3) is 0.381. The molecule has 0 atom stereocenters. The summed E-state index contributed by atoms with van der Waals surface area (Å²) >= 11 is 0. The van der Waals surface area contributed by atoms with Crippen LogP contribution in [0.4, 0.5) is 5.69 Å². The minimum absolute atomic E-state index is 0.00718. The summed E-state index contributed by atoms with van der Waals surface area (Å²) in [4.78, 5) is 16.6. The number of benzene rings is 2. The predicted molar refractivity (Wildman–Crippen MR) is 105 cm³/mol. The second kappa shape index (κ2) is 9.16. The number of anilines is 1. The first-order valence-corrected chi connectivity index (χ1v) is 9.22. The lowest BCUT2D eigenvalue weighted by Gasteiger charge is -2.36. The quantitative estimate of drug-likeness (QED) is 0.750. The Morgan fingerprint density at radius 1 is 0.926 bits per heavy atom. The average molecular weight is 370 g/mol. The molecule has 0 radical (unpaired) electrons. The number of rotatable bonds is 7. The van der Waals surface area contributed by atoms with Crippen molar-refractivity contribution in [3.05, 3.63) is 48.5 Å². The van der Waals surface area contributed by atoms with Gasteiger partial charge in [-0.05, 0) is 43.3 Å². The van der Waals surface area contributed by atoms with Crippen LogP contribution in [-0.2, 0) is 4.79 Å². The summed E-state index contributed by atoms with van der Waals surface area (Å²) in [6.45, 7) is 5.62. The van der Waals surface area contributed by atoms with E-state index in [0.717, 1.165) is 24.5 Å². The second-order valence-electron chi connectivity index (χ2n) is 6.23. The summed E-state index contributed by atoms with van der Waals surface area (Å²) in [6, 6.07) is 15.4. The molecule has 2 aromatic carbocycles. The molecule has 2 aromatic rings. The molecule has 0 unspecified atom stereocenters. The van der Waals surface area contributed by atoms with Gasteiger partial charge in [0.15, 0.2) is 18.1 Å². The van der Waals surface area contributed by atoms with Gasteiger partial charge >= 0.3 is 0 Å². The monoisotopic (exact) mass is 370 g/mol. The minimum atomic E-state index is -0.00718. The zero-order chi connectivity index (χ0) is 19.1. The molecule has 1 aliphatic rings. The largest absolute Gasteiger partial charge is 0.494 e. The van der Waals surface area contributed by atoms with Gasteiger partial charge in [-0.25, -0.2) is 0 Å². The molecule has 0 spiro atoms. The molecule has 27 heavy (non-hydrogen) atoms. The third-order valence-corrected chi connectivity index (χ3v) is 4.57. The van der Waals surface area contributed by atoms with E-state index in [1.807, 2.05) is 42.2 Å². The number of hydrogen-bond donors (Lipinski definition) is 0. The fourth-order valence-corrected chi connectivity index (χ4v) is 3.10. The third-order valence-electron chi connectivity index (χ3n) is 4.57. The van der Waals surface area contributed by atoms with Gasteiger partial charge in [-0.3, -0.25) is 4.79 Å². The number of nitrogens with zero attached hydrogens (tertiary/aromatic N) is 2. The van der Waals surface area contributed by atoms with Crippen molar-refractivity contribution in [3.8, 4) is 17.2 Å². The van der Waals surface area contributed by atoms with Gasteiger partial charge in [-0.15, -0.1) is 0 Å². The second-order valence-corrected chi connectivity index (χ2v) is 6.23. The molecule has 0 N–H and O–H groups in total. The lowest BCUT2D eigenvalue weighted by Crippen LogP contribution is -2.50. The van der Waals surface area contributed by atoms with Crippen molar-refractivity contribution < 1.29 is 19.0 Å². The predicted octanol–water partition coefficient (Wildman–Crippen LogP) is 2.82. The fourth-order valence-electron chi connectivity index (χ4n) is 3.10. The molecule has 0 aliphatic carbocycles. The molecule has 0 aromatic heterocycles. The van der Waals surface area contributed by atoms with Crippen molar-refractivity contribution >= 4 is 11.6 Å². The molecule has 0 bridgehead atoms. The molecule has 0 saturated carbocycles. The Morgan fingerprint density at radius 2 is 1.59 bits per heavy atom. The van der Waals surface area contributed by atoms with Crippen molar-refractivity contribution in [1.82, 2.24) is 4.90 Å². The van der Waals surface area contributed by atoms with Crippen LogP contribution >= 0.6 is 0 Å². The molecule has 3 rings (SSSR count). The van der Waals surface area contributed by atoms with Gasteiger partial charge in [0, 0.05) is 31.9 Å². The van der Waals surface area contributed by atoms with Crippen LogP contribution in [0, 0.1) is 0 Å². The maximum absolute atomic E-state index is 12.5. The highest BCUT2D eigenvalue weighted by atomic mass is 16.5. The number of hydrogen-bond acceptors (Lipinski definition) is 5. The number of amides is 1. The maximum atomic E-state index is 12.5. The molecule has 1 amide bonds. The van der Waals surface area contributed by atoms with E-state index < -0.39 is 0 Å². The van der Waals surface area contributed by atoms with E-state index >= 15 is 0 Å². The molecule has 6 nitrogen and oxygen atoms in total. The first kappa shape index (κ1) is 18.9. The van der Waals surface area contributed by atoms with Gasteiger partial charge in [0.25, 0.3) is 5.91 Å². The SMILES string of the molecule is CCOc1ccc(N2CCN(C(=O)COc3ccccc3OC)CC2)cc1. The smallest absolute Gasteiger partial charge is 0.260 e. The Morgan fingerprint density at radius 3 is 2.22 bits per heavy atom. The number of para-hydroxylation sites is 2. The van der Waals surface area contributed by atoms with Crippen LogP contribution in [0.5, 0.6) is 17.2 Å². The first-order valence-electron chi connectivity index (χ1n) is 9.22. The molecule has 1 heterocycles. The number of ether oxygens (including phenoxy) is 3. The summed E-state index contributed by atoms with van der Waals surface area (Å²) in [5.74, 6) is 2.09. The number of carbonyl (C=O) groups excluding carboxylic acids is 1. The van der Waals surface area contributed by atoms with Crippen LogP contribution < -0.4 is 19.1 Å². The summed E-state index contributed by atoms with van der Waals surface area (Å²) in [5, 5.41) is 0. The molecular formula is C21H26N2O4. The Kier molecular flexibility index (Phi) is 6.41. The van der Waals surface area contributed by atoms with Crippen molar-refractivity contribution in [3.63, 3.8) is 0 Å². The van der Waals surface area contributed by atoms with E-state index in [4.69, 9.17) is 14.2 Å². The van der Waals surface area contributed by atoms with E-state index in [1.54, 1.807) is 13.2 Å². The molecular weight excluding hydrogens is 344 g/mol. The number of methoxy groups -OCH3 is 1. The van der Waals surface area contributed by atoms with Crippen LogP contribution in [0.1, 0.15) is 6.92 Å². The highest BCUT2D eigenvalue weighted by molar-refractivity contribution is 5.78. The van der Waals surface area contributed by atoms with Gasteiger partial charge in [0.05, 0.1) is 13.7 Å². The van der Waals surface area contributed by atoms with Gasteiger partial charge in [0.2, 0.25) is 0 Å². The van der Waals surface area contributed by atoms with Crippen molar-refractivity contribution in [2.75, 3.05) is 51.4 Å². The van der Waals surface area contributed by atoms with Crippen LogP contribution in [0.25, 0.3) is 0 Å². The summed E-state index contributed by atoms with van der Waals surface area (Å²) in [5.41, 5.74) is 1.15. The normalized spacial score (nSPS) is 14.0. The van der Waals surface area contributed by atoms with E-state index in [0.29, 0.717) is 31.2 Å². The van der Waals surface area contributed by atoms with Crippen molar-refractivity contribution in [2.24, 2.45) is 0 Å². The van der Waals surface area contributed by atoms with Gasteiger partial charge in [-0.2, -0.15) is 0 Å². The standard InChI is InChI=1S/C21H26N2O4/c1-3-26-18-10-8-17(9-11-18)22-12-14-23(15-13-22)21(24)16-27-20-7-5-4-6-19(20)25-2/h4-11H,3,12-16H2,1-2H3. The van der Waals surface area contributed by atoms with Crippen LogP contribution in [0.2, 0.25) is 0 Å². The highest BCUT2D eigenvalue weighted by Gasteiger charge is 2.22. The maximum Gasteiger partial charge on any atom is 0.260 e.